The molecule has 2 aromatic heterocycles. The van der Waals surface area contributed by atoms with Crippen molar-refractivity contribution in [3.63, 3.8) is 0 Å². The first-order valence-electron chi connectivity index (χ1n) is 5.91. The maximum atomic E-state index is 6.33. The van der Waals surface area contributed by atoms with Gasteiger partial charge in [-0.1, -0.05) is 11.6 Å². The standard InChI is InChI=1S/C13H17ClN4/c1-8(2)18-13(11(14)7-17-18)12(15)10-4-5-16-6-9(10)3/h4-8,12H,15H2,1-3H3. The van der Waals surface area contributed by atoms with Crippen molar-refractivity contribution in [3.05, 3.63) is 46.5 Å². The molecule has 1 unspecified atom stereocenters. The van der Waals surface area contributed by atoms with E-state index in [4.69, 9.17) is 17.3 Å². The molecule has 4 nitrogen and oxygen atoms in total. The Morgan fingerprint density at radius 3 is 2.67 bits per heavy atom. The number of aryl methyl sites for hydroxylation is 1. The van der Waals surface area contributed by atoms with Gasteiger partial charge < -0.3 is 5.73 Å². The predicted octanol–water partition coefficient (Wildman–Crippen LogP) is 2.87. The van der Waals surface area contributed by atoms with Gasteiger partial charge >= 0.3 is 0 Å². The van der Waals surface area contributed by atoms with Crippen molar-refractivity contribution in [2.24, 2.45) is 5.73 Å². The zero-order valence-corrected chi connectivity index (χ0v) is 11.5. The van der Waals surface area contributed by atoms with E-state index in [0.717, 1.165) is 16.8 Å². The number of nitrogens with zero attached hydrogens (tertiary/aromatic N) is 3. The Kier molecular flexibility index (Phi) is 3.68. The Bertz CT molecular complexity index is 548. The van der Waals surface area contributed by atoms with Crippen LogP contribution < -0.4 is 5.73 Å². The van der Waals surface area contributed by atoms with Crippen LogP contribution in [-0.2, 0) is 0 Å². The van der Waals surface area contributed by atoms with E-state index >= 15 is 0 Å². The first kappa shape index (κ1) is 13.1. The van der Waals surface area contributed by atoms with Gasteiger partial charge in [-0.05, 0) is 38.0 Å². The SMILES string of the molecule is Cc1cnccc1C(N)c1c(Cl)cnn1C(C)C. The summed E-state index contributed by atoms with van der Waals surface area (Å²) < 4.78 is 1.87. The Morgan fingerprint density at radius 2 is 2.06 bits per heavy atom. The van der Waals surface area contributed by atoms with E-state index in [1.807, 2.05) is 17.7 Å². The number of rotatable bonds is 3. The lowest BCUT2D eigenvalue weighted by atomic mass is 10.0. The zero-order valence-electron chi connectivity index (χ0n) is 10.8. The highest BCUT2D eigenvalue weighted by molar-refractivity contribution is 6.31. The smallest absolute Gasteiger partial charge is 0.0837 e. The molecule has 0 radical (unpaired) electrons. The molecular weight excluding hydrogens is 248 g/mol. The number of halogens is 1. The molecule has 2 aromatic rings. The van der Waals surface area contributed by atoms with Crippen LogP contribution in [0.4, 0.5) is 0 Å². The fraction of sp³-hybridized carbons (Fsp3) is 0.385. The van der Waals surface area contributed by atoms with E-state index in [2.05, 4.69) is 23.9 Å². The molecule has 2 rings (SSSR count). The summed E-state index contributed by atoms with van der Waals surface area (Å²) in [5.41, 5.74) is 9.25. The largest absolute Gasteiger partial charge is 0.319 e. The van der Waals surface area contributed by atoms with E-state index in [-0.39, 0.29) is 12.1 Å². The summed E-state index contributed by atoms with van der Waals surface area (Å²) >= 11 is 6.21. The highest BCUT2D eigenvalue weighted by atomic mass is 35.5. The minimum atomic E-state index is -0.287. The monoisotopic (exact) mass is 264 g/mol. The van der Waals surface area contributed by atoms with Crippen LogP contribution in [-0.4, -0.2) is 14.8 Å². The van der Waals surface area contributed by atoms with E-state index < -0.39 is 0 Å². The third kappa shape index (κ3) is 2.26. The summed E-state index contributed by atoms with van der Waals surface area (Å²) in [5.74, 6) is 0. The molecule has 0 saturated heterocycles. The number of pyridine rings is 1. The molecule has 1 atom stereocenters. The van der Waals surface area contributed by atoms with Crippen LogP contribution in [0.25, 0.3) is 0 Å². The van der Waals surface area contributed by atoms with Crippen LogP contribution in [0.5, 0.6) is 0 Å². The summed E-state index contributed by atoms with van der Waals surface area (Å²) in [4.78, 5) is 4.08. The van der Waals surface area contributed by atoms with E-state index in [9.17, 15) is 0 Å². The maximum absolute atomic E-state index is 6.33. The third-order valence-corrected chi connectivity index (χ3v) is 3.26. The third-order valence-electron chi connectivity index (χ3n) is 2.97. The fourth-order valence-corrected chi connectivity index (χ4v) is 2.28. The average molecular weight is 265 g/mol. The molecule has 18 heavy (non-hydrogen) atoms. The molecule has 96 valence electrons. The van der Waals surface area contributed by atoms with Crippen LogP contribution in [0.15, 0.2) is 24.7 Å². The quantitative estimate of drug-likeness (QED) is 0.927. The number of hydrogen-bond acceptors (Lipinski definition) is 3. The van der Waals surface area contributed by atoms with E-state index in [1.54, 1.807) is 18.6 Å². The van der Waals surface area contributed by atoms with Crippen molar-refractivity contribution in [1.29, 1.82) is 0 Å². The number of hydrogen-bond donors (Lipinski definition) is 1. The molecule has 2 heterocycles. The van der Waals surface area contributed by atoms with Crippen molar-refractivity contribution < 1.29 is 0 Å². The number of nitrogens with two attached hydrogens (primary N) is 1. The van der Waals surface area contributed by atoms with Crippen LogP contribution in [0.3, 0.4) is 0 Å². The summed E-state index contributed by atoms with van der Waals surface area (Å²) in [6, 6.07) is 1.86. The molecule has 0 spiro atoms. The van der Waals surface area contributed by atoms with E-state index in [1.165, 1.54) is 0 Å². The predicted molar refractivity (Wildman–Crippen MR) is 72.6 cm³/mol. The molecule has 0 aliphatic rings. The zero-order chi connectivity index (χ0) is 13.3. The van der Waals surface area contributed by atoms with Gasteiger partial charge in [0, 0.05) is 18.4 Å². The first-order chi connectivity index (χ1) is 8.52. The van der Waals surface area contributed by atoms with Gasteiger partial charge in [-0.2, -0.15) is 5.10 Å². The minimum absolute atomic E-state index is 0.223. The second kappa shape index (κ2) is 5.08. The van der Waals surface area contributed by atoms with Gasteiger partial charge in [0.25, 0.3) is 0 Å². The number of aromatic nitrogens is 3. The summed E-state index contributed by atoms with van der Waals surface area (Å²) in [7, 11) is 0. The van der Waals surface area contributed by atoms with Gasteiger partial charge in [-0.15, -0.1) is 0 Å². The lowest BCUT2D eigenvalue weighted by Gasteiger charge is -2.19. The van der Waals surface area contributed by atoms with Gasteiger partial charge in [-0.3, -0.25) is 9.67 Å². The molecule has 0 aliphatic carbocycles. The molecule has 0 amide bonds. The van der Waals surface area contributed by atoms with Gasteiger partial charge in [0.1, 0.15) is 0 Å². The van der Waals surface area contributed by atoms with Gasteiger partial charge in [0.05, 0.1) is 23.0 Å². The summed E-state index contributed by atoms with van der Waals surface area (Å²) in [5, 5.41) is 4.88. The highest BCUT2D eigenvalue weighted by Gasteiger charge is 2.21. The Labute approximate surface area is 112 Å². The van der Waals surface area contributed by atoms with Crippen LogP contribution in [0.2, 0.25) is 5.02 Å². The van der Waals surface area contributed by atoms with Crippen molar-refractivity contribution in [3.8, 4) is 0 Å². The molecule has 0 bridgehead atoms. The second-order valence-electron chi connectivity index (χ2n) is 4.63. The second-order valence-corrected chi connectivity index (χ2v) is 5.03. The van der Waals surface area contributed by atoms with Gasteiger partial charge in [-0.25, -0.2) is 0 Å². The van der Waals surface area contributed by atoms with Crippen molar-refractivity contribution >= 4 is 11.6 Å². The lowest BCUT2D eigenvalue weighted by molar-refractivity contribution is 0.499. The van der Waals surface area contributed by atoms with Gasteiger partial charge in [0.15, 0.2) is 0 Å². The normalized spacial score (nSPS) is 13.0. The fourth-order valence-electron chi connectivity index (χ4n) is 2.03. The molecule has 0 aliphatic heterocycles. The van der Waals surface area contributed by atoms with Gasteiger partial charge in [0.2, 0.25) is 0 Å². The molecule has 2 N–H and O–H groups in total. The first-order valence-corrected chi connectivity index (χ1v) is 6.29. The molecular formula is C13H17ClN4. The Hall–Kier alpha value is -1.39. The minimum Gasteiger partial charge on any atom is -0.319 e. The summed E-state index contributed by atoms with van der Waals surface area (Å²) in [6.07, 6.45) is 5.19. The summed E-state index contributed by atoms with van der Waals surface area (Å²) in [6.45, 7) is 6.10. The van der Waals surface area contributed by atoms with Crippen LogP contribution in [0.1, 0.15) is 42.8 Å². The Balaban J connectivity index is 2.49. The van der Waals surface area contributed by atoms with Crippen LogP contribution >= 0.6 is 11.6 Å². The van der Waals surface area contributed by atoms with Crippen molar-refractivity contribution in [2.45, 2.75) is 32.9 Å². The van der Waals surface area contributed by atoms with Crippen molar-refractivity contribution in [2.75, 3.05) is 0 Å². The van der Waals surface area contributed by atoms with E-state index in [0.29, 0.717) is 5.02 Å². The molecule has 0 aromatic carbocycles. The highest BCUT2D eigenvalue weighted by Crippen LogP contribution is 2.29. The van der Waals surface area contributed by atoms with Crippen molar-refractivity contribution in [1.82, 2.24) is 14.8 Å². The lowest BCUT2D eigenvalue weighted by Crippen LogP contribution is -2.20. The Morgan fingerprint density at radius 1 is 1.33 bits per heavy atom. The molecule has 0 fully saturated rings. The molecule has 5 heteroatoms. The molecule has 0 saturated carbocycles. The topological polar surface area (TPSA) is 56.7 Å². The average Bonchev–Trinajstić information content (AvgIpc) is 2.71. The maximum Gasteiger partial charge on any atom is 0.0837 e. The van der Waals surface area contributed by atoms with Crippen LogP contribution in [0, 0.1) is 6.92 Å².